The summed E-state index contributed by atoms with van der Waals surface area (Å²) >= 11 is 0. The van der Waals surface area contributed by atoms with Crippen LogP contribution in [0.2, 0.25) is 0 Å². The highest BCUT2D eigenvalue weighted by molar-refractivity contribution is 5.66. The molecule has 6 heteroatoms. The monoisotopic (exact) mass is 266 g/mol. The third-order valence-electron chi connectivity index (χ3n) is 3.36. The average molecular weight is 266 g/mol. The van der Waals surface area contributed by atoms with Crippen molar-refractivity contribution in [2.45, 2.75) is 18.9 Å². The second kappa shape index (κ2) is 5.22. The first kappa shape index (κ1) is 13.3. The van der Waals surface area contributed by atoms with Crippen LogP contribution in [0.3, 0.4) is 0 Å². The van der Waals surface area contributed by atoms with Crippen molar-refractivity contribution in [2.75, 3.05) is 6.54 Å². The number of rotatable bonds is 1. The zero-order valence-electron chi connectivity index (χ0n) is 10.0. The predicted molar refractivity (Wildman–Crippen MR) is 62.2 cm³/mol. The molecule has 1 aromatic carbocycles. The summed E-state index contributed by atoms with van der Waals surface area (Å²) in [5, 5.41) is 18.1. The van der Waals surface area contributed by atoms with Gasteiger partial charge in [-0.25, -0.2) is 13.6 Å². The summed E-state index contributed by atoms with van der Waals surface area (Å²) in [4.78, 5) is 12.3. The number of hydrogen-bond acceptors (Lipinski definition) is 2. The van der Waals surface area contributed by atoms with Gasteiger partial charge in [0.1, 0.15) is 0 Å². The Morgan fingerprint density at radius 3 is 2.74 bits per heavy atom. The molecule has 1 aromatic rings. The van der Waals surface area contributed by atoms with E-state index in [4.69, 9.17) is 10.4 Å². The quantitative estimate of drug-likeness (QED) is 0.850. The first-order valence-corrected chi connectivity index (χ1v) is 5.87. The molecule has 1 fully saturated rings. The standard InChI is InChI=1S/C13H12F2N2O2/c14-10-2-1-9(6-11(10)15)12-5-8(7-16)3-4-17(12)13(18)19/h1-2,6,8,12H,3-5H2,(H,18,19)/t8-,12-/m1/s1. The van der Waals surface area contributed by atoms with Gasteiger partial charge in [0.2, 0.25) is 0 Å². The second-order valence-corrected chi connectivity index (χ2v) is 4.52. The molecule has 1 heterocycles. The van der Waals surface area contributed by atoms with Crippen LogP contribution < -0.4 is 0 Å². The zero-order valence-corrected chi connectivity index (χ0v) is 10.0. The van der Waals surface area contributed by atoms with Crippen molar-refractivity contribution < 1.29 is 18.7 Å². The van der Waals surface area contributed by atoms with E-state index >= 15 is 0 Å². The van der Waals surface area contributed by atoms with Crippen LogP contribution in [0.25, 0.3) is 0 Å². The Kier molecular flexibility index (Phi) is 3.65. The molecule has 100 valence electrons. The summed E-state index contributed by atoms with van der Waals surface area (Å²) in [6.07, 6.45) is -0.359. The van der Waals surface area contributed by atoms with Crippen LogP contribution in [0.1, 0.15) is 24.4 Å². The molecule has 1 N–H and O–H groups in total. The van der Waals surface area contributed by atoms with Crippen LogP contribution >= 0.6 is 0 Å². The van der Waals surface area contributed by atoms with Gasteiger partial charge in [0.15, 0.2) is 11.6 Å². The van der Waals surface area contributed by atoms with Crippen molar-refractivity contribution in [2.24, 2.45) is 5.92 Å². The number of piperidine rings is 1. The summed E-state index contributed by atoms with van der Waals surface area (Å²) in [7, 11) is 0. The molecular weight excluding hydrogens is 254 g/mol. The molecule has 1 aliphatic rings. The average Bonchev–Trinajstić information content (AvgIpc) is 2.41. The molecule has 0 aromatic heterocycles. The van der Waals surface area contributed by atoms with Gasteiger partial charge in [0, 0.05) is 6.54 Å². The van der Waals surface area contributed by atoms with Gasteiger partial charge in [0.25, 0.3) is 0 Å². The molecule has 1 amide bonds. The number of nitrogens with zero attached hydrogens (tertiary/aromatic N) is 2. The third-order valence-corrected chi connectivity index (χ3v) is 3.36. The third kappa shape index (κ3) is 2.65. The smallest absolute Gasteiger partial charge is 0.407 e. The Bertz CT molecular complexity index is 542. The number of hydrogen-bond donors (Lipinski definition) is 1. The van der Waals surface area contributed by atoms with Crippen molar-refractivity contribution in [1.29, 1.82) is 5.26 Å². The molecule has 0 radical (unpaired) electrons. The topological polar surface area (TPSA) is 64.3 Å². The number of likely N-dealkylation sites (tertiary alicyclic amines) is 1. The maximum Gasteiger partial charge on any atom is 0.407 e. The molecule has 0 spiro atoms. The van der Waals surface area contributed by atoms with E-state index in [0.717, 1.165) is 12.1 Å². The fourth-order valence-corrected chi connectivity index (χ4v) is 2.35. The molecule has 19 heavy (non-hydrogen) atoms. The molecule has 0 saturated carbocycles. The minimum absolute atomic E-state index is 0.219. The lowest BCUT2D eigenvalue weighted by molar-refractivity contribution is 0.0976. The van der Waals surface area contributed by atoms with Crippen molar-refractivity contribution in [1.82, 2.24) is 4.90 Å². The Labute approximate surface area is 108 Å². The highest BCUT2D eigenvalue weighted by Crippen LogP contribution is 2.34. The fourth-order valence-electron chi connectivity index (χ4n) is 2.35. The Hall–Kier alpha value is -2.16. The molecule has 4 nitrogen and oxygen atoms in total. The lowest BCUT2D eigenvalue weighted by Crippen LogP contribution is -2.40. The van der Waals surface area contributed by atoms with Gasteiger partial charge in [-0.2, -0.15) is 5.26 Å². The van der Waals surface area contributed by atoms with Gasteiger partial charge in [0.05, 0.1) is 18.0 Å². The summed E-state index contributed by atoms with van der Waals surface area (Å²) in [6.45, 7) is 0.219. The Morgan fingerprint density at radius 2 is 2.16 bits per heavy atom. The second-order valence-electron chi connectivity index (χ2n) is 4.52. The van der Waals surface area contributed by atoms with Gasteiger partial charge in [-0.05, 0) is 30.5 Å². The lowest BCUT2D eigenvalue weighted by atomic mass is 9.88. The van der Waals surface area contributed by atoms with Crippen LogP contribution in [0.4, 0.5) is 13.6 Å². The van der Waals surface area contributed by atoms with Gasteiger partial charge >= 0.3 is 6.09 Å². The van der Waals surface area contributed by atoms with E-state index in [2.05, 4.69) is 6.07 Å². The van der Waals surface area contributed by atoms with Crippen molar-refractivity contribution >= 4 is 6.09 Å². The fraction of sp³-hybridized carbons (Fsp3) is 0.385. The largest absolute Gasteiger partial charge is 0.465 e. The molecule has 1 aliphatic heterocycles. The van der Waals surface area contributed by atoms with Crippen molar-refractivity contribution in [3.8, 4) is 6.07 Å². The molecule has 1 saturated heterocycles. The molecule has 2 rings (SSSR count). The van der Waals surface area contributed by atoms with Crippen LogP contribution in [-0.2, 0) is 0 Å². The van der Waals surface area contributed by atoms with Crippen molar-refractivity contribution in [3.05, 3.63) is 35.4 Å². The number of nitriles is 1. The summed E-state index contributed by atoms with van der Waals surface area (Å²) in [6, 6.07) is 4.82. The molecule has 0 unspecified atom stereocenters. The van der Waals surface area contributed by atoms with E-state index in [-0.39, 0.29) is 12.5 Å². The normalized spacial score (nSPS) is 22.9. The number of halogens is 2. The maximum atomic E-state index is 13.2. The number of carboxylic acid groups (broad SMARTS) is 1. The maximum absolute atomic E-state index is 13.2. The first-order valence-electron chi connectivity index (χ1n) is 5.87. The van der Waals surface area contributed by atoms with Crippen molar-refractivity contribution in [3.63, 3.8) is 0 Å². The van der Waals surface area contributed by atoms with E-state index in [9.17, 15) is 13.6 Å². The van der Waals surface area contributed by atoms with Gasteiger partial charge < -0.3 is 10.0 Å². The predicted octanol–water partition coefficient (Wildman–Crippen LogP) is 2.92. The van der Waals surface area contributed by atoms with Gasteiger partial charge in [-0.3, -0.25) is 0 Å². The highest BCUT2D eigenvalue weighted by Gasteiger charge is 2.33. The Balaban J connectivity index is 2.33. The number of carbonyl (C=O) groups is 1. The van der Waals surface area contributed by atoms with Crippen LogP contribution in [0, 0.1) is 28.9 Å². The summed E-state index contributed by atoms with van der Waals surface area (Å²) in [5.74, 6) is -2.26. The Morgan fingerprint density at radius 1 is 1.42 bits per heavy atom. The van der Waals surface area contributed by atoms with E-state index in [1.54, 1.807) is 0 Å². The molecule has 0 bridgehead atoms. The number of benzene rings is 1. The molecular formula is C13H12F2N2O2. The number of amides is 1. The summed E-state index contributed by atoms with van der Waals surface area (Å²) < 4.78 is 26.1. The van der Waals surface area contributed by atoms with E-state index in [1.807, 2.05) is 0 Å². The first-order chi connectivity index (χ1) is 9.02. The van der Waals surface area contributed by atoms with Crippen LogP contribution in [-0.4, -0.2) is 22.6 Å². The van der Waals surface area contributed by atoms with Crippen LogP contribution in [0.5, 0.6) is 0 Å². The zero-order chi connectivity index (χ0) is 14.0. The van der Waals surface area contributed by atoms with E-state index in [1.165, 1.54) is 11.0 Å². The lowest BCUT2D eigenvalue weighted by Gasteiger charge is -2.35. The van der Waals surface area contributed by atoms with E-state index in [0.29, 0.717) is 18.4 Å². The minimum Gasteiger partial charge on any atom is -0.465 e. The van der Waals surface area contributed by atoms with E-state index < -0.39 is 23.8 Å². The highest BCUT2D eigenvalue weighted by atomic mass is 19.2. The summed E-state index contributed by atoms with van der Waals surface area (Å²) in [5.41, 5.74) is 0.376. The van der Waals surface area contributed by atoms with Gasteiger partial charge in [-0.15, -0.1) is 0 Å². The molecule has 0 aliphatic carbocycles. The minimum atomic E-state index is -1.12. The SMILES string of the molecule is N#C[C@@H]1CCN(C(=O)O)[C@@H](c2ccc(F)c(F)c2)C1. The molecule has 2 atom stereocenters. The van der Waals surface area contributed by atoms with Crippen LogP contribution in [0.15, 0.2) is 18.2 Å². The van der Waals surface area contributed by atoms with Gasteiger partial charge in [-0.1, -0.05) is 6.07 Å².